The van der Waals surface area contributed by atoms with E-state index in [2.05, 4.69) is 39.7 Å². The van der Waals surface area contributed by atoms with Crippen molar-refractivity contribution in [2.75, 3.05) is 5.32 Å². The zero-order valence-electron chi connectivity index (χ0n) is 12.3. The molecule has 21 heavy (non-hydrogen) atoms. The lowest BCUT2D eigenvalue weighted by atomic mass is 10.0. The Hall–Kier alpha value is -2.57. The number of anilines is 1. The SMILES string of the molecule is CC(NC(=O)Nc1ncn[nH]1)Oc1ccccc1C(C)C. The first-order valence-corrected chi connectivity index (χ1v) is 6.74. The standard InChI is InChI=1S/C14H19N5O2/c1-9(2)11-6-4-5-7-12(11)21-10(3)17-14(20)18-13-15-8-16-19-13/h4-10H,1-3H3,(H3,15,16,17,18,19,20). The number of para-hydroxylation sites is 1. The van der Waals surface area contributed by atoms with Gasteiger partial charge in [0.2, 0.25) is 5.95 Å². The van der Waals surface area contributed by atoms with E-state index in [9.17, 15) is 4.79 Å². The molecule has 2 rings (SSSR count). The van der Waals surface area contributed by atoms with Crippen molar-refractivity contribution in [3.05, 3.63) is 36.2 Å². The van der Waals surface area contributed by atoms with Crippen LogP contribution in [0, 0.1) is 0 Å². The molecule has 1 aromatic heterocycles. The smallest absolute Gasteiger partial charge is 0.324 e. The lowest BCUT2D eigenvalue weighted by Gasteiger charge is -2.19. The van der Waals surface area contributed by atoms with Crippen LogP contribution in [-0.4, -0.2) is 27.4 Å². The minimum absolute atomic E-state index is 0.280. The number of rotatable bonds is 5. The van der Waals surface area contributed by atoms with E-state index in [0.29, 0.717) is 5.92 Å². The maximum atomic E-state index is 11.7. The number of H-pyrrole nitrogens is 1. The summed E-state index contributed by atoms with van der Waals surface area (Å²) in [6.45, 7) is 5.95. The Balaban J connectivity index is 1.92. The van der Waals surface area contributed by atoms with Gasteiger partial charge in [-0.3, -0.25) is 5.32 Å². The van der Waals surface area contributed by atoms with Gasteiger partial charge in [-0.2, -0.15) is 10.1 Å². The Morgan fingerprint density at radius 1 is 1.29 bits per heavy atom. The number of aromatic amines is 1. The highest BCUT2D eigenvalue weighted by Gasteiger charge is 2.13. The molecule has 0 aliphatic carbocycles. The van der Waals surface area contributed by atoms with Crippen LogP contribution in [0.4, 0.5) is 10.7 Å². The molecule has 1 aromatic carbocycles. The summed E-state index contributed by atoms with van der Waals surface area (Å²) in [5, 5.41) is 11.4. The molecule has 0 aliphatic heterocycles. The lowest BCUT2D eigenvalue weighted by molar-refractivity contribution is 0.181. The van der Waals surface area contributed by atoms with Crippen LogP contribution in [0.5, 0.6) is 5.75 Å². The third-order valence-electron chi connectivity index (χ3n) is 2.83. The largest absolute Gasteiger partial charge is 0.471 e. The van der Waals surface area contributed by atoms with Gasteiger partial charge in [0.15, 0.2) is 6.23 Å². The lowest BCUT2D eigenvalue weighted by Crippen LogP contribution is -2.39. The first kappa shape index (κ1) is 14.8. The van der Waals surface area contributed by atoms with Crippen molar-refractivity contribution in [1.82, 2.24) is 20.5 Å². The molecular formula is C14H19N5O2. The predicted molar refractivity (Wildman–Crippen MR) is 79.2 cm³/mol. The van der Waals surface area contributed by atoms with E-state index in [4.69, 9.17) is 4.74 Å². The number of amides is 2. The van der Waals surface area contributed by atoms with Crippen LogP contribution in [0.3, 0.4) is 0 Å². The van der Waals surface area contributed by atoms with Crippen LogP contribution in [0.2, 0.25) is 0 Å². The Morgan fingerprint density at radius 3 is 2.71 bits per heavy atom. The first-order valence-electron chi connectivity index (χ1n) is 6.74. The topological polar surface area (TPSA) is 91.9 Å². The first-order chi connectivity index (χ1) is 10.1. The van der Waals surface area contributed by atoms with Gasteiger partial charge < -0.3 is 10.1 Å². The van der Waals surface area contributed by atoms with Gasteiger partial charge in [0.05, 0.1) is 0 Å². The summed E-state index contributed by atoms with van der Waals surface area (Å²) in [7, 11) is 0. The number of nitrogens with zero attached hydrogens (tertiary/aromatic N) is 2. The van der Waals surface area contributed by atoms with Crippen LogP contribution in [0.15, 0.2) is 30.6 Å². The third kappa shape index (κ3) is 4.20. The Bertz CT molecular complexity index is 583. The number of ether oxygens (including phenoxy) is 1. The summed E-state index contributed by atoms with van der Waals surface area (Å²) in [5.41, 5.74) is 1.10. The second-order valence-electron chi connectivity index (χ2n) is 4.89. The summed E-state index contributed by atoms with van der Waals surface area (Å²) >= 11 is 0. The molecule has 7 nitrogen and oxygen atoms in total. The summed E-state index contributed by atoms with van der Waals surface area (Å²) in [4.78, 5) is 15.5. The molecule has 7 heteroatoms. The third-order valence-corrected chi connectivity index (χ3v) is 2.83. The zero-order valence-corrected chi connectivity index (χ0v) is 12.3. The molecule has 0 saturated carbocycles. The number of hydrogen-bond acceptors (Lipinski definition) is 4. The van der Waals surface area contributed by atoms with E-state index < -0.39 is 12.3 Å². The van der Waals surface area contributed by atoms with Crippen molar-refractivity contribution < 1.29 is 9.53 Å². The van der Waals surface area contributed by atoms with Gasteiger partial charge >= 0.3 is 6.03 Å². The molecular weight excluding hydrogens is 270 g/mol. The molecule has 0 saturated heterocycles. The molecule has 0 spiro atoms. The van der Waals surface area contributed by atoms with Crippen LogP contribution < -0.4 is 15.4 Å². The zero-order chi connectivity index (χ0) is 15.2. The van der Waals surface area contributed by atoms with Crippen LogP contribution in [0.25, 0.3) is 0 Å². The minimum Gasteiger partial charge on any atom is -0.471 e. The van der Waals surface area contributed by atoms with E-state index in [1.54, 1.807) is 6.92 Å². The van der Waals surface area contributed by atoms with Crippen molar-refractivity contribution in [2.45, 2.75) is 32.9 Å². The van der Waals surface area contributed by atoms with Gasteiger partial charge in [0, 0.05) is 0 Å². The van der Waals surface area contributed by atoms with Crippen molar-refractivity contribution in [1.29, 1.82) is 0 Å². The van der Waals surface area contributed by atoms with Crippen LogP contribution >= 0.6 is 0 Å². The Kier molecular flexibility index (Phi) is 4.76. The number of carbonyl (C=O) groups is 1. The molecule has 1 atom stereocenters. The van der Waals surface area contributed by atoms with Crippen molar-refractivity contribution in [3.63, 3.8) is 0 Å². The molecule has 0 radical (unpaired) electrons. The molecule has 2 amide bonds. The van der Waals surface area contributed by atoms with Gasteiger partial charge in [0.1, 0.15) is 12.1 Å². The monoisotopic (exact) mass is 289 g/mol. The highest BCUT2D eigenvalue weighted by atomic mass is 16.5. The van der Waals surface area contributed by atoms with E-state index in [1.165, 1.54) is 6.33 Å². The summed E-state index contributed by atoms with van der Waals surface area (Å²) in [5.74, 6) is 1.39. The van der Waals surface area contributed by atoms with Crippen molar-refractivity contribution in [3.8, 4) is 5.75 Å². The van der Waals surface area contributed by atoms with E-state index in [1.807, 2.05) is 24.3 Å². The van der Waals surface area contributed by atoms with Gasteiger partial charge in [0.25, 0.3) is 0 Å². The average Bonchev–Trinajstić information content (AvgIpc) is 2.91. The number of carbonyl (C=O) groups excluding carboxylic acids is 1. The van der Waals surface area contributed by atoms with Crippen LogP contribution in [0.1, 0.15) is 32.3 Å². The van der Waals surface area contributed by atoms with Crippen LogP contribution in [-0.2, 0) is 0 Å². The Labute approximate surface area is 123 Å². The molecule has 0 aliphatic rings. The fourth-order valence-electron chi connectivity index (χ4n) is 1.88. The summed E-state index contributed by atoms with van der Waals surface area (Å²) in [6, 6.07) is 7.36. The number of aromatic nitrogens is 3. The highest BCUT2D eigenvalue weighted by Crippen LogP contribution is 2.26. The summed E-state index contributed by atoms with van der Waals surface area (Å²) < 4.78 is 5.78. The van der Waals surface area contributed by atoms with Gasteiger partial charge in [-0.15, -0.1) is 0 Å². The molecule has 1 heterocycles. The molecule has 112 valence electrons. The second kappa shape index (κ2) is 6.74. The normalized spacial score (nSPS) is 12.0. The highest BCUT2D eigenvalue weighted by molar-refractivity contribution is 5.87. The molecule has 3 N–H and O–H groups in total. The summed E-state index contributed by atoms with van der Waals surface area (Å²) in [6.07, 6.45) is 0.835. The fraction of sp³-hybridized carbons (Fsp3) is 0.357. The molecule has 2 aromatic rings. The fourth-order valence-corrected chi connectivity index (χ4v) is 1.88. The van der Waals surface area contributed by atoms with E-state index >= 15 is 0 Å². The van der Waals surface area contributed by atoms with Crippen molar-refractivity contribution >= 4 is 12.0 Å². The van der Waals surface area contributed by atoms with Crippen molar-refractivity contribution in [2.24, 2.45) is 0 Å². The number of nitrogens with one attached hydrogen (secondary N) is 3. The van der Waals surface area contributed by atoms with Gasteiger partial charge in [-0.05, 0) is 24.5 Å². The second-order valence-corrected chi connectivity index (χ2v) is 4.89. The predicted octanol–water partition coefficient (Wildman–Crippen LogP) is 2.47. The number of benzene rings is 1. The van der Waals surface area contributed by atoms with E-state index in [-0.39, 0.29) is 5.95 Å². The molecule has 0 fully saturated rings. The quantitative estimate of drug-likeness (QED) is 0.737. The maximum Gasteiger partial charge on any atom is 0.324 e. The average molecular weight is 289 g/mol. The van der Waals surface area contributed by atoms with Gasteiger partial charge in [-0.25, -0.2) is 9.89 Å². The number of urea groups is 1. The van der Waals surface area contributed by atoms with Gasteiger partial charge in [-0.1, -0.05) is 32.0 Å². The molecule has 0 bridgehead atoms. The molecule has 1 unspecified atom stereocenters. The maximum absolute atomic E-state index is 11.7. The Morgan fingerprint density at radius 2 is 2.05 bits per heavy atom. The minimum atomic E-state index is -0.479. The number of hydrogen-bond donors (Lipinski definition) is 3. The van der Waals surface area contributed by atoms with E-state index in [0.717, 1.165) is 11.3 Å².